The van der Waals surface area contributed by atoms with Crippen molar-refractivity contribution >= 4 is 5.97 Å². The lowest BCUT2D eigenvalue weighted by Gasteiger charge is -2.12. The van der Waals surface area contributed by atoms with Crippen LogP contribution in [-0.2, 0) is 17.6 Å². The van der Waals surface area contributed by atoms with Crippen molar-refractivity contribution in [3.05, 3.63) is 101 Å². The number of benzene rings is 3. The van der Waals surface area contributed by atoms with Crippen LogP contribution >= 0.6 is 0 Å². The highest BCUT2D eigenvalue weighted by molar-refractivity contribution is 5.78. The van der Waals surface area contributed by atoms with E-state index in [9.17, 15) is 15.0 Å². The quantitative estimate of drug-likeness (QED) is 0.261. The van der Waals surface area contributed by atoms with Crippen LogP contribution in [0.5, 0.6) is 0 Å². The van der Waals surface area contributed by atoms with Crippen molar-refractivity contribution in [2.24, 2.45) is 5.41 Å². The topological polar surface area (TPSA) is 83.6 Å². The minimum absolute atomic E-state index is 0.567. The number of hydrogen-bond donors (Lipinski definition) is 2. The fourth-order valence-electron chi connectivity index (χ4n) is 4.95. The molecule has 1 aromatic heterocycles. The lowest BCUT2D eigenvalue weighted by molar-refractivity contribution is -0.143. The fourth-order valence-corrected chi connectivity index (χ4v) is 4.95. The van der Waals surface area contributed by atoms with E-state index in [1.807, 2.05) is 67.6 Å². The van der Waals surface area contributed by atoms with E-state index in [-0.39, 0.29) is 0 Å². The zero-order chi connectivity index (χ0) is 25.1. The summed E-state index contributed by atoms with van der Waals surface area (Å²) in [5.41, 5.74) is 6.16. The average Bonchev–Trinajstić information content (AvgIpc) is 3.58. The molecular formula is C31H31NO4. The van der Waals surface area contributed by atoms with Crippen LogP contribution in [-0.4, -0.2) is 21.3 Å². The van der Waals surface area contributed by atoms with Gasteiger partial charge in [0, 0.05) is 5.56 Å². The second-order valence-electron chi connectivity index (χ2n) is 9.94. The third kappa shape index (κ3) is 5.12. The number of aryl methyl sites for hydroxylation is 2. The Morgan fingerprint density at radius 3 is 2.33 bits per heavy atom. The Morgan fingerprint density at radius 2 is 1.64 bits per heavy atom. The molecule has 0 radical (unpaired) electrons. The Morgan fingerprint density at radius 1 is 0.944 bits per heavy atom. The predicted octanol–water partition coefficient (Wildman–Crippen LogP) is 6.78. The van der Waals surface area contributed by atoms with Crippen molar-refractivity contribution in [1.82, 2.24) is 5.16 Å². The Hall–Kier alpha value is -3.70. The van der Waals surface area contributed by atoms with E-state index in [0.29, 0.717) is 24.3 Å². The van der Waals surface area contributed by atoms with Gasteiger partial charge in [-0.1, -0.05) is 84.0 Å². The Kier molecular flexibility index (Phi) is 6.75. The zero-order valence-electron chi connectivity index (χ0n) is 20.5. The highest BCUT2D eigenvalue weighted by Crippen LogP contribution is 2.48. The van der Waals surface area contributed by atoms with Gasteiger partial charge in [-0.3, -0.25) is 4.79 Å². The summed E-state index contributed by atoms with van der Waals surface area (Å²) >= 11 is 0. The molecule has 5 heteroatoms. The smallest absolute Gasteiger partial charge is 0.309 e. The minimum Gasteiger partial charge on any atom is -0.481 e. The van der Waals surface area contributed by atoms with Crippen LogP contribution in [0.1, 0.15) is 54.2 Å². The number of carbonyl (C=O) groups is 1. The predicted molar refractivity (Wildman–Crippen MR) is 139 cm³/mol. The second-order valence-corrected chi connectivity index (χ2v) is 9.94. The number of aliphatic carboxylic acids is 1. The van der Waals surface area contributed by atoms with Gasteiger partial charge >= 0.3 is 5.97 Å². The first kappa shape index (κ1) is 24.0. The van der Waals surface area contributed by atoms with Crippen LogP contribution in [0.3, 0.4) is 0 Å². The highest BCUT2D eigenvalue weighted by Gasteiger charge is 2.49. The van der Waals surface area contributed by atoms with E-state index < -0.39 is 17.5 Å². The SMILES string of the molecule is Cc1noc(-c2ccc(-c3cccc(CC4(C(=O)O)CC4)c3)cc2)c1C(O)CCCc1ccccc1. The maximum atomic E-state index is 11.6. The van der Waals surface area contributed by atoms with Gasteiger partial charge in [0.2, 0.25) is 0 Å². The van der Waals surface area contributed by atoms with E-state index in [0.717, 1.165) is 53.5 Å². The summed E-state index contributed by atoms with van der Waals surface area (Å²) < 4.78 is 5.65. The number of aromatic nitrogens is 1. The van der Waals surface area contributed by atoms with Crippen LogP contribution in [0.15, 0.2) is 83.4 Å². The van der Waals surface area contributed by atoms with Crippen LogP contribution in [0.4, 0.5) is 0 Å². The Labute approximate surface area is 211 Å². The van der Waals surface area contributed by atoms with Crippen molar-refractivity contribution in [2.75, 3.05) is 0 Å². The standard InChI is InChI=1S/C31H31NO4/c1-21-28(27(33)12-6-9-22-7-3-2-4-8-22)29(36-32-21)25-15-13-24(14-16-25)26-11-5-10-23(19-26)20-31(17-18-31)30(34)35/h2-5,7-8,10-11,13-16,19,27,33H,6,9,12,17-18,20H2,1H3,(H,34,35). The van der Waals surface area contributed by atoms with Crippen molar-refractivity contribution in [1.29, 1.82) is 0 Å². The molecule has 36 heavy (non-hydrogen) atoms. The molecule has 5 nitrogen and oxygen atoms in total. The Balaban J connectivity index is 1.30. The molecular weight excluding hydrogens is 450 g/mol. The third-order valence-electron chi connectivity index (χ3n) is 7.28. The summed E-state index contributed by atoms with van der Waals surface area (Å²) in [6, 6.07) is 26.4. The molecule has 0 aliphatic heterocycles. The van der Waals surface area contributed by atoms with Crippen molar-refractivity contribution in [3.63, 3.8) is 0 Å². The van der Waals surface area contributed by atoms with Gasteiger partial charge in [0.05, 0.1) is 22.8 Å². The first-order chi connectivity index (χ1) is 17.4. The normalized spacial score (nSPS) is 14.9. The maximum Gasteiger partial charge on any atom is 0.309 e. The van der Waals surface area contributed by atoms with Crippen molar-refractivity contribution in [2.45, 2.75) is 51.6 Å². The zero-order valence-corrected chi connectivity index (χ0v) is 20.5. The van der Waals surface area contributed by atoms with Gasteiger partial charge in [-0.2, -0.15) is 0 Å². The molecule has 0 bridgehead atoms. The maximum absolute atomic E-state index is 11.6. The molecule has 1 fully saturated rings. The van der Waals surface area contributed by atoms with Gasteiger partial charge in [-0.05, 0) is 67.7 Å². The van der Waals surface area contributed by atoms with E-state index in [1.54, 1.807) is 0 Å². The second kappa shape index (κ2) is 10.1. The molecule has 1 atom stereocenters. The summed E-state index contributed by atoms with van der Waals surface area (Å²) in [6.45, 7) is 1.87. The molecule has 2 N–H and O–H groups in total. The van der Waals surface area contributed by atoms with Crippen LogP contribution in [0, 0.1) is 12.3 Å². The van der Waals surface area contributed by atoms with Crippen LogP contribution in [0.25, 0.3) is 22.5 Å². The monoisotopic (exact) mass is 481 g/mol. The molecule has 1 aliphatic carbocycles. The van der Waals surface area contributed by atoms with Gasteiger partial charge in [0.1, 0.15) is 0 Å². The molecule has 0 amide bonds. The van der Waals surface area contributed by atoms with E-state index in [4.69, 9.17) is 4.52 Å². The highest BCUT2D eigenvalue weighted by atomic mass is 16.5. The number of carboxylic acid groups (broad SMARTS) is 1. The lowest BCUT2D eigenvalue weighted by Crippen LogP contribution is -2.17. The molecule has 0 saturated heterocycles. The van der Waals surface area contributed by atoms with Gasteiger partial charge in [0.25, 0.3) is 0 Å². The van der Waals surface area contributed by atoms with E-state index >= 15 is 0 Å². The molecule has 1 unspecified atom stereocenters. The number of aliphatic hydroxyl groups excluding tert-OH is 1. The van der Waals surface area contributed by atoms with E-state index in [1.165, 1.54) is 5.56 Å². The number of aliphatic hydroxyl groups is 1. The summed E-state index contributed by atoms with van der Waals surface area (Å²) in [6.07, 6.45) is 3.84. The summed E-state index contributed by atoms with van der Waals surface area (Å²) in [7, 11) is 0. The molecule has 1 saturated carbocycles. The van der Waals surface area contributed by atoms with Crippen LogP contribution in [0.2, 0.25) is 0 Å². The number of hydrogen-bond acceptors (Lipinski definition) is 4. The van der Waals surface area contributed by atoms with Gasteiger partial charge in [-0.15, -0.1) is 0 Å². The van der Waals surface area contributed by atoms with Gasteiger partial charge in [-0.25, -0.2) is 0 Å². The third-order valence-corrected chi connectivity index (χ3v) is 7.28. The first-order valence-electron chi connectivity index (χ1n) is 12.6. The largest absolute Gasteiger partial charge is 0.481 e. The van der Waals surface area contributed by atoms with Gasteiger partial charge in [0.15, 0.2) is 5.76 Å². The van der Waals surface area contributed by atoms with Gasteiger partial charge < -0.3 is 14.7 Å². The molecule has 1 heterocycles. The fraction of sp³-hybridized carbons (Fsp3) is 0.290. The average molecular weight is 482 g/mol. The molecule has 0 spiro atoms. The molecule has 4 aromatic rings. The van der Waals surface area contributed by atoms with E-state index in [2.05, 4.69) is 23.4 Å². The molecule has 3 aromatic carbocycles. The number of nitrogens with zero attached hydrogens (tertiary/aromatic N) is 1. The number of rotatable bonds is 10. The van der Waals surface area contributed by atoms with Crippen molar-refractivity contribution < 1.29 is 19.5 Å². The summed E-state index contributed by atoms with van der Waals surface area (Å²) in [4.78, 5) is 11.6. The number of carboxylic acids is 1. The minimum atomic E-state index is -0.697. The lowest BCUT2D eigenvalue weighted by atomic mass is 9.93. The van der Waals surface area contributed by atoms with Crippen LogP contribution < -0.4 is 0 Å². The first-order valence-corrected chi connectivity index (χ1v) is 12.6. The summed E-state index contributed by atoms with van der Waals surface area (Å²) in [5.74, 6) is -0.0881. The van der Waals surface area contributed by atoms with Crippen molar-refractivity contribution in [3.8, 4) is 22.5 Å². The molecule has 5 rings (SSSR count). The Bertz CT molecular complexity index is 1340. The summed E-state index contributed by atoms with van der Waals surface area (Å²) in [5, 5.41) is 24.6. The molecule has 1 aliphatic rings. The molecule has 184 valence electrons.